The van der Waals surface area contributed by atoms with E-state index >= 15 is 0 Å². The predicted octanol–water partition coefficient (Wildman–Crippen LogP) is 1.37. The molecule has 0 saturated heterocycles. The molecule has 0 heterocycles. The van der Waals surface area contributed by atoms with E-state index in [9.17, 15) is 4.21 Å². The van der Waals surface area contributed by atoms with Crippen LogP contribution in [0.1, 0.15) is 5.56 Å². The fourth-order valence-electron chi connectivity index (χ4n) is 0.881. The Bertz CT molecular complexity index is 331. The summed E-state index contributed by atoms with van der Waals surface area (Å²) in [7, 11) is -1.08. The van der Waals surface area contributed by atoms with E-state index in [1.54, 1.807) is 0 Å². The average Bonchev–Trinajstić information content (AvgIpc) is 2.06. The Kier molecular flexibility index (Phi) is 2.83. The van der Waals surface area contributed by atoms with Crippen LogP contribution in [0.25, 0.3) is 0 Å². The first kappa shape index (κ1) is 9.22. The van der Waals surface area contributed by atoms with Crippen molar-refractivity contribution in [2.45, 2.75) is 5.75 Å². The number of hydrogen-bond donors (Lipinski definition) is 2. The number of rotatable bonds is 3. The molecule has 0 aliphatic carbocycles. The summed E-state index contributed by atoms with van der Waals surface area (Å²) in [4.78, 5) is 0. The summed E-state index contributed by atoms with van der Waals surface area (Å²) in [5, 5.41) is 0. The van der Waals surface area contributed by atoms with E-state index in [-0.39, 0.29) is 5.75 Å². The number of benzene rings is 1. The molecule has 0 saturated carbocycles. The molecule has 0 fully saturated rings. The molecule has 1 unspecified atom stereocenters. The molecule has 0 aliphatic rings. The molecule has 0 bridgehead atoms. The zero-order valence-corrected chi connectivity index (χ0v) is 7.73. The van der Waals surface area contributed by atoms with E-state index in [1.165, 1.54) is 7.05 Å². The molecular formula is C8H12N2OS. The fourth-order valence-corrected chi connectivity index (χ4v) is 1.69. The Labute approximate surface area is 72.9 Å². The van der Waals surface area contributed by atoms with Crippen molar-refractivity contribution in [3.63, 3.8) is 0 Å². The molecule has 0 aromatic heterocycles. The Morgan fingerprint density at radius 2 is 2.00 bits per heavy atom. The van der Waals surface area contributed by atoms with Gasteiger partial charge in [0, 0.05) is 0 Å². The van der Waals surface area contributed by atoms with Crippen molar-refractivity contribution in [1.29, 1.82) is 4.78 Å². The second-order valence-corrected chi connectivity index (χ2v) is 4.56. The normalized spacial score (nSPS) is 15.4. The average molecular weight is 184 g/mol. The van der Waals surface area contributed by atoms with Gasteiger partial charge in [-0.25, -0.2) is 13.7 Å². The maximum Gasteiger partial charge on any atom is 0.109 e. The maximum absolute atomic E-state index is 11.3. The fraction of sp³-hybridized carbons (Fsp3) is 0.250. The third-order valence-corrected chi connectivity index (χ3v) is 2.94. The van der Waals surface area contributed by atoms with Crippen molar-refractivity contribution < 1.29 is 4.21 Å². The lowest BCUT2D eigenvalue weighted by molar-refractivity contribution is 0.668. The Hall–Kier alpha value is -0.870. The predicted molar refractivity (Wildman–Crippen MR) is 50.1 cm³/mol. The van der Waals surface area contributed by atoms with Crippen LogP contribution in [0.15, 0.2) is 30.3 Å². The SMILES string of the molecule is CNS(=N)(=O)Cc1ccccc1. The standard InChI is InChI=1S/C8H12N2OS/c1-10-12(9,11)7-8-5-3-2-4-6-8/h2-6H,7H2,1H3,(H2,9,10,11). The first-order valence-electron chi connectivity index (χ1n) is 3.63. The molecular weight excluding hydrogens is 172 g/mol. The van der Waals surface area contributed by atoms with E-state index in [1.807, 2.05) is 30.3 Å². The lowest BCUT2D eigenvalue weighted by atomic mass is 10.2. The zero-order valence-electron chi connectivity index (χ0n) is 6.91. The van der Waals surface area contributed by atoms with Gasteiger partial charge in [-0.3, -0.25) is 0 Å². The summed E-state index contributed by atoms with van der Waals surface area (Å²) in [6.07, 6.45) is 0. The minimum Gasteiger partial charge on any atom is -0.240 e. The van der Waals surface area contributed by atoms with E-state index in [2.05, 4.69) is 4.72 Å². The lowest BCUT2D eigenvalue weighted by Gasteiger charge is -2.04. The molecule has 0 spiro atoms. The molecule has 3 nitrogen and oxygen atoms in total. The van der Waals surface area contributed by atoms with Crippen LogP contribution in [0.5, 0.6) is 0 Å². The van der Waals surface area contributed by atoms with Crippen LogP contribution in [-0.4, -0.2) is 11.3 Å². The summed E-state index contributed by atoms with van der Waals surface area (Å²) < 4.78 is 21.1. The van der Waals surface area contributed by atoms with E-state index < -0.39 is 9.92 Å². The smallest absolute Gasteiger partial charge is 0.109 e. The van der Waals surface area contributed by atoms with Crippen LogP contribution >= 0.6 is 0 Å². The van der Waals surface area contributed by atoms with Gasteiger partial charge in [0.05, 0.1) is 5.75 Å². The van der Waals surface area contributed by atoms with Gasteiger partial charge in [0.1, 0.15) is 9.92 Å². The van der Waals surface area contributed by atoms with Crippen LogP contribution in [0.2, 0.25) is 0 Å². The molecule has 12 heavy (non-hydrogen) atoms. The van der Waals surface area contributed by atoms with Crippen LogP contribution < -0.4 is 4.72 Å². The highest BCUT2D eigenvalue weighted by Crippen LogP contribution is 2.03. The molecule has 2 N–H and O–H groups in total. The van der Waals surface area contributed by atoms with Gasteiger partial charge < -0.3 is 0 Å². The van der Waals surface area contributed by atoms with Crippen molar-refractivity contribution >= 4 is 9.92 Å². The van der Waals surface area contributed by atoms with Crippen molar-refractivity contribution in [2.75, 3.05) is 7.05 Å². The number of hydrogen-bond acceptors (Lipinski definition) is 2. The van der Waals surface area contributed by atoms with Gasteiger partial charge in [-0.15, -0.1) is 0 Å². The van der Waals surface area contributed by atoms with Crippen molar-refractivity contribution in [3.8, 4) is 0 Å². The highest BCUT2D eigenvalue weighted by molar-refractivity contribution is 7.89. The minimum absolute atomic E-state index is 0.268. The van der Waals surface area contributed by atoms with Gasteiger partial charge in [0.25, 0.3) is 0 Å². The first-order chi connectivity index (χ1) is 5.64. The Morgan fingerprint density at radius 3 is 2.50 bits per heavy atom. The second-order valence-electron chi connectivity index (χ2n) is 2.51. The van der Waals surface area contributed by atoms with Crippen molar-refractivity contribution in [3.05, 3.63) is 35.9 Å². The Morgan fingerprint density at radius 1 is 1.42 bits per heavy atom. The molecule has 66 valence electrons. The molecule has 1 aromatic rings. The summed E-state index contributed by atoms with van der Waals surface area (Å²) in [6.45, 7) is 0. The Balaban J connectivity index is 2.78. The summed E-state index contributed by atoms with van der Waals surface area (Å²) in [5.41, 5.74) is 0.923. The van der Waals surface area contributed by atoms with Gasteiger partial charge in [-0.1, -0.05) is 30.3 Å². The highest BCUT2D eigenvalue weighted by atomic mass is 32.2. The molecule has 1 rings (SSSR count). The topological polar surface area (TPSA) is 53.0 Å². The van der Waals surface area contributed by atoms with Gasteiger partial charge in [0.15, 0.2) is 0 Å². The minimum atomic E-state index is -2.62. The lowest BCUT2D eigenvalue weighted by Crippen LogP contribution is -2.18. The van der Waals surface area contributed by atoms with E-state index in [0.717, 1.165) is 5.56 Å². The molecule has 0 radical (unpaired) electrons. The van der Waals surface area contributed by atoms with Gasteiger partial charge in [-0.2, -0.15) is 0 Å². The summed E-state index contributed by atoms with van der Waals surface area (Å²) in [6, 6.07) is 9.38. The monoisotopic (exact) mass is 184 g/mol. The van der Waals surface area contributed by atoms with Crippen LogP contribution in [0.4, 0.5) is 0 Å². The molecule has 1 aromatic carbocycles. The second kappa shape index (κ2) is 3.69. The highest BCUT2D eigenvalue weighted by Gasteiger charge is 2.02. The van der Waals surface area contributed by atoms with Gasteiger partial charge in [0.2, 0.25) is 0 Å². The summed E-state index contributed by atoms with van der Waals surface area (Å²) in [5.74, 6) is 0.268. The third kappa shape index (κ3) is 2.64. The van der Waals surface area contributed by atoms with E-state index in [4.69, 9.17) is 4.78 Å². The first-order valence-corrected chi connectivity index (χ1v) is 5.36. The van der Waals surface area contributed by atoms with Crippen molar-refractivity contribution in [2.24, 2.45) is 0 Å². The zero-order chi connectivity index (χ0) is 9.03. The van der Waals surface area contributed by atoms with Crippen LogP contribution in [-0.2, 0) is 15.7 Å². The largest absolute Gasteiger partial charge is 0.240 e. The molecule has 0 amide bonds. The summed E-state index contributed by atoms with van der Waals surface area (Å²) >= 11 is 0. The quantitative estimate of drug-likeness (QED) is 0.732. The third-order valence-electron chi connectivity index (χ3n) is 1.54. The van der Waals surface area contributed by atoms with Crippen LogP contribution in [0.3, 0.4) is 0 Å². The van der Waals surface area contributed by atoms with E-state index in [0.29, 0.717) is 0 Å². The van der Waals surface area contributed by atoms with Crippen LogP contribution in [0, 0.1) is 4.78 Å². The van der Waals surface area contributed by atoms with Crippen molar-refractivity contribution in [1.82, 2.24) is 4.72 Å². The van der Waals surface area contributed by atoms with Gasteiger partial charge >= 0.3 is 0 Å². The molecule has 1 atom stereocenters. The maximum atomic E-state index is 11.3. The molecule has 0 aliphatic heterocycles. The number of nitrogens with one attached hydrogen (secondary N) is 2. The molecule has 4 heteroatoms. The van der Waals surface area contributed by atoms with Gasteiger partial charge in [-0.05, 0) is 12.6 Å².